The summed E-state index contributed by atoms with van der Waals surface area (Å²) in [5, 5.41) is 87.0. The van der Waals surface area contributed by atoms with Crippen LogP contribution < -0.4 is 5.32 Å². The van der Waals surface area contributed by atoms with Gasteiger partial charge in [-0.3, -0.25) is 4.79 Å². The second-order valence-electron chi connectivity index (χ2n) is 19.7. The smallest absolute Gasteiger partial charge is 0.220 e. The van der Waals surface area contributed by atoms with Gasteiger partial charge in [0.05, 0.1) is 32.0 Å². The van der Waals surface area contributed by atoms with Crippen molar-refractivity contribution in [1.29, 1.82) is 0 Å². The number of allylic oxidation sites excluding steroid dienone is 13. The highest BCUT2D eigenvalue weighted by Crippen LogP contribution is 2.30. The van der Waals surface area contributed by atoms with E-state index in [1.165, 1.54) is 77.0 Å². The van der Waals surface area contributed by atoms with Gasteiger partial charge in [0.2, 0.25) is 5.91 Å². The highest BCUT2D eigenvalue weighted by Gasteiger charge is 2.51. The maximum Gasteiger partial charge on any atom is 0.220 e. The van der Waals surface area contributed by atoms with Gasteiger partial charge in [-0.15, -0.1) is 0 Å². The van der Waals surface area contributed by atoms with Crippen LogP contribution in [0, 0.1) is 0 Å². The summed E-state index contributed by atoms with van der Waals surface area (Å²) >= 11 is 0. The first kappa shape index (κ1) is 66.3. The van der Waals surface area contributed by atoms with Crippen molar-refractivity contribution in [3.63, 3.8) is 0 Å². The summed E-state index contributed by atoms with van der Waals surface area (Å²) in [4.78, 5) is 13.2. The summed E-state index contributed by atoms with van der Waals surface area (Å²) in [6.45, 7) is 2.65. The minimum absolute atomic E-state index is 0.247. The van der Waals surface area contributed by atoms with Gasteiger partial charge in [0.25, 0.3) is 0 Å². The Labute approximate surface area is 440 Å². The molecule has 0 radical (unpaired) electrons. The van der Waals surface area contributed by atoms with Gasteiger partial charge in [0.15, 0.2) is 12.6 Å². The number of amides is 1. The average molecular weight is 1030 g/mol. The lowest BCUT2D eigenvalue weighted by atomic mass is 9.97. The van der Waals surface area contributed by atoms with E-state index in [0.717, 1.165) is 83.5 Å². The highest BCUT2D eigenvalue weighted by atomic mass is 16.7. The third-order valence-electron chi connectivity index (χ3n) is 13.3. The number of aliphatic hydroxyl groups is 8. The molecule has 12 atom stereocenters. The van der Waals surface area contributed by atoms with E-state index in [9.17, 15) is 45.6 Å². The van der Waals surface area contributed by atoms with Crippen LogP contribution in [-0.4, -0.2) is 140 Å². The number of unbranched alkanes of at least 4 members (excludes halogenated alkanes) is 18. The van der Waals surface area contributed by atoms with Gasteiger partial charge < -0.3 is 65.1 Å². The van der Waals surface area contributed by atoms with Crippen molar-refractivity contribution in [2.45, 2.75) is 261 Å². The number of hydrogen-bond acceptors (Lipinski definition) is 13. The Kier molecular flexibility index (Phi) is 40.2. The molecule has 2 heterocycles. The zero-order chi connectivity index (χ0) is 53.2. The maximum atomic E-state index is 13.2. The van der Waals surface area contributed by atoms with Gasteiger partial charge in [-0.1, -0.05) is 195 Å². The summed E-state index contributed by atoms with van der Waals surface area (Å²) in [6.07, 6.45) is 41.8. The molecule has 2 saturated heterocycles. The third-order valence-corrected chi connectivity index (χ3v) is 13.3. The molecule has 420 valence electrons. The lowest BCUT2D eigenvalue weighted by Crippen LogP contribution is -2.65. The molecule has 73 heavy (non-hydrogen) atoms. The van der Waals surface area contributed by atoms with Crippen LogP contribution >= 0.6 is 0 Å². The molecule has 0 aromatic carbocycles. The molecule has 0 bridgehead atoms. The molecular formula is C59H101NO13. The lowest BCUT2D eigenvalue weighted by Gasteiger charge is -2.46. The monoisotopic (exact) mass is 1030 g/mol. The van der Waals surface area contributed by atoms with Crippen LogP contribution in [0.1, 0.15) is 187 Å². The van der Waals surface area contributed by atoms with E-state index in [-0.39, 0.29) is 18.9 Å². The minimum atomic E-state index is -1.79. The van der Waals surface area contributed by atoms with E-state index in [2.05, 4.69) is 92.1 Å². The standard InChI is InChI=1S/C59H101NO13/c1-3-5-7-9-11-13-15-17-19-21-22-23-24-25-26-27-29-31-33-35-37-39-41-43-51(64)60-47(48(63)42-40-38-36-34-32-30-28-20-18-16-14-12-10-8-6-4-2)46-70-58-56(69)54(67)57(50(45-62)72-58)73-59-55(68)53(66)52(65)49(44-61)71-59/h5,7,11,13,17,19,22-23,25-26,29,31,40,42,47-50,52-59,61-63,65-69H,3-4,6,8-10,12,14-16,18,20-21,24,27-28,30,32-39,41,43-46H2,1-2H3,(H,60,64)/b7-5-,13-11-,19-17-,23-22-,26-25-,31-29-,42-40+. The fraction of sp³-hybridized carbons (Fsp3) is 0.746. The molecule has 2 fully saturated rings. The summed E-state index contributed by atoms with van der Waals surface area (Å²) < 4.78 is 22.7. The van der Waals surface area contributed by atoms with Crippen molar-refractivity contribution in [1.82, 2.24) is 5.32 Å². The molecule has 2 aliphatic rings. The Balaban J connectivity index is 1.81. The van der Waals surface area contributed by atoms with Gasteiger partial charge in [0.1, 0.15) is 48.8 Å². The molecule has 0 aliphatic carbocycles. The van der Waals surface area contributed by atoms with E-state index in [4.69, 9.17) is 18.9 Å². The number of carbonyl (C=O) groups is 1. The Morgan fingerprint density at radius 2 is 0.945 bits per heavy atom. The topological polar surface area (TPSA) is 228 Å². The zero-order valence-corrected chi connectivity index (χ0v) is 44.8. The molecule has 1 amide bonds. The van der Waals surface area contributed by atoms with Crippen LogP contribution in [0.2, 0.25) is 0 Å². The fourth-order valence-corrected chi connectivity index (χ4v) is 8.76. The first-order valence-corrected chi connectivity index (χ1v) is 28.3. The largest absolute Gasteiger partial charge is 0.394 e. The van der Waals surface area contributed by atoms with Crippen molar-refractivity contribution in [2.75, 3.05) is 19.8 Å². The summed E-state index contributed by atoms with van der Waals surface area (Å²) in [5.74, 6) is -0.267. The number of nitrogens with one attached hydrogen (secondary N) is 1. The Bertz CT molecular complexity index is 1550. The highest BCUT2D eigenvalue weighted by molar-refractivity contribution is 5.76. The number of rotatable bonds is 43. The molecule has 0 saturated carbocycles. The van der Waals surface area contributed by atoms with Crippen molar-refractivity contribution in [3.05, 3.63) is 85.1 Å². The molecule has 14 heteroatoms. The summed E-state index contributed by atoms with van der Waals surface area (Å²) in [6, 6.07) is -0.934. The quantitative estimate of drug-likeness (QED) is 0.0206. The molecule has 12 unspecified atom stereocenters. The van der Waals surface area contributed by atoms with E-state index in [1.54, 1.807) is 6.08 Å². The number of ether oxygens (including phenoxy) is 4. The first-order chi connectivity index (χ1) is 35.6. The van der Waals surface area contributed by atoms with Crippen molar-refractivity contribution >= 4 is 5.91 Å². The second kappa shape index (κ2) is 44.3. The van der Waals surface area contributed by atoms with E-state index < -0.39 is 86.8 Å². The van der Waals surface area contributed by atoms with Crippen LogP contribution in [0.15, 0.2) is 85.1 Å². The fourth-order valence-electron chi connectivity index (χ4n) is 8.76. The molecule has 2 rings (SSSR count). The molecule has 0 aromatic rings. The Morgan fingerprint density at radius 3 is 1.45 bits per heavy atom. The minimum Gasteiger partial charge on any atom is -0.394 e. The van der Waals surface area contributed by atoms with Gasteiger partial charge in [-0.25, -0.2) is 0 Å². The lowest BCUT2D eigenvalue weighted by molar-refractivity contribution is -0.359. The van der Waals surface area contributed by atoms with Crippen molar-refractivity contribution in [2.24, 2.45) is 0 Å². The second-order valence-corrected chi connectivity index (χ2v) is 19.7. The number of aliphatic hydroxyl groups excluding tert-OH is 8. The van der Waals surface area contributed by atoms with Gasteiger partial charge in [-0.05, 0) is 70.6 Å². The maximum absolute atomic E-state index is 13.2. The van der Waals surface area contributed by atoms with E-state index in [0.29, 0.717) is 6.42 Å². The van der Waals surface area contributed by atoms with Gasteiger partial charge in [-0.2, -0.15) is 0 Å². The molecule has 2 aliphatic heterocycles. The van der Waals surface area contributed by atoms with Crippen molar-refractivity contribution < 1.29 is 64.6 Å². The Morgan fingerprint density at radius 1 is 0.507 bits per heavy atom. The van der Waals surface area contributed by atoms with E-state index >= 15 is 0 Å². The SMILES string of the molecule is CC/C=C\C/C=C\C/C=C\C/C=C\C/C=C\C/C=C\CCCCCCC(=O)NC(COC1OC(CO)C(OC2OC(CO)C(O)C(O)C2O)C(O)C1O)C(O)/C=C/CCCCCCCCCCCCCCCC. The molecule has 0 spiro atoms. The van der Waals surface area contributed by atoms with Gasteiger partial charge in [0, 0.05) is 6.42 Å². The predicted octanol–water partition coefficient (Wildman–Crippen LogP) is 8.94. The molecular weight excluding hydrogens is 931 g/mol. The number of carbonyl (C=O) groups excluding carboxylic acids is 1. The van der Waals surface area contributed by atoms with Crippen LogP contribution in [0.3, 0.4) is 0 Å². The van der Waals surface area contributed by atoms with Crippen LogP contribution in [0.4, 0.5) is 0 Å². The van der Waals surface area contributed by atoms with E-state index in [1.807, 2.05) is 6.08 Å². The van der Waals surface area contributed by atoms with Crippen molar-refractivity contribution in [3.8, 4) is 0 Å². The summed E-state index contributed by atoms with van der Waals surface area (Å²) in [5.41, 5.74) is 0. The normalized spacial score (nSPS) is 26.1. The van der Waals surface area contributed by atoms with Crippen LogP contribution in [0.25, 0.3) is 0 Å². The predicted molar refractivity (Wildman–Crippen MR) is 290 cm³/mol. The van der Waals surface area contributed by atoms with Crippen LogP contribution in [-0.2, 0) is 23.7 Å². The van der Waals surface area contributed by atoms with Gasteiger partial charge >= 0.3 is 0 Å². The average Bonchev–Trinajstić information content (AvgIpc) is 3.39. The first-order valence-electron chi connectivity index (χ1n) is 28.3. The third kappa shape index (κ3) is 30.5. The molecule has 0 aromatic heterocycles. The number of hydrogen-bond donors (Lipinski definition) is 9. The Hall–Kier alpha value is -2.83. The molecule has 14 nitrogen and oxygen atoms in total. The summed E-state index contributed by atoms with van der Waals surface area (Å²) in [7, 11) is 0. The molecule has 9 N–H and O–H groups in total. The van der Waals surface area contributed by atoms with Crippen LogP contribution in [0.5, 0.6) is 0 Å². The zero-order valence-electron chi connectivity index (χ0n) is 44.8.